The molecule has 1 amide bonds. The van der Waals surface area contributed by atoms with Crippen LogP contribution < -0.4 is 20.1 Å². The van der Waals surface area contributed by atoms with Crippen LogP contribution in [0.4, 0.5) is 17.6 Å². The van der Waals surface area contributed by atoms with Crippen molar-refractivity contribution >= 4 is 15.9 Å². The van der Waals surface area contributed by atoms with Crippen LogP contribution in [0.5, 0.6) is 5.75 Å². The molecule has 7 nitrogen and oxygen atoms in total. The van der Waals surface area contributed by atoms with Crippen molar-refractivity contribution in [1.29, 1.82) is 0 Å². The maximum Gasteiger partial charge on any atom is 0.416 e. The lowest BCUT2D eigenvalue weighted by Gasteiger charge is -2.28. The second kappa shape index (κ2) is 12.4. The lowest BCUT2D eigenvalue weighted by Crippen LogP contribution is -2.36. The maximum absolute atomic E-state index is 13.6. The van der Waals surface area contributed by atoms with Gasteiger partial charge in [-0.05, 0) is 72.8 Å². The topological polar surface area (TPSA) is 96.5 Å². The van der Waals surface area contributed by atoms with Crippen molar-refractivity contribution < 1.29 is 35.5 Å². The molecule has 12 heteroatoms. The Labute approximate surface area is 241 Å². The van der Waals surface area contributed by atoms with E-state index in [1.807, 2.05) is 18.2 Å². The van der Waals surface area contributed by atoms with E-state index >= 15 is 0 Å². The standard InChI is InChI=1S/C30H31F4N3O4S/c31-23-9-7-21(8-10-23)27(37-42(39,40)24-3-1-2-22(15-24)30(32,33)34)16-29(38)36-26-12-13-41-28-14-20(6-11-25(26)28)18-35-17-19-4-5-19/h1-3,6-11,14-15,19,26-27,35,37H,4-5,12-13,16-18H2,(H,36,38)/t26-,27-/m1/s1. The third-order valence-corrected chi connectivity index (χ3v) is 8.81. The average molecular weight is 606 g/mol. The van der Waals surface area contributed by atoms with E-state index in [9.17, 15) is 30.8 Å². The monoisotopic (exact) mass is 605 g/mol. The molecule has 0 radical (unpaired) electrons. The highest BCUT2D eigenvalue weighted by Crippen LogP contribution is 2.34. The number of fused-ring (bicyclic) bond motifs is 1. The molecule has 42 heavy (non-hydrogen) atoms. The second-order valence-electron chi connectivity index (χ2n) is 10.7. The SMILES string of the molecule is O=C(C[C@@H](NS(=O)(=O)c1cccc(C(F)(F)F)c1)c1ccc(F)cc1)N[C@@H]1CCOc2cc(CNCC3CC3)ccc21. The van der Waals surface area contributed by atoms with Gasteiger partial charge in [-0.1, -0.05) is 30.3 Å². The van der Waals surface area contributed by atoms with Crippen molar-refractivity contribution in [2.45, 2.75) is 55.4 Å². The van der Waals surface area contributed by atoms with Gasteiger partial charge in [-0.25, -0.2) is 17.5 Å². The number of halogens is 4. The van der Waals surface area contributed by atoms with E-state index in [1.165, 1.54) is 25.0 Å². The molecule has 3 aromatic carbocycles. The third-order valence-electron chi connectivity index (χ3n) is 7.34. The number of benzene rings is 3. The summed E-state index contributed by atoms with van der Waals surface area (Å²) in [5, 5.41) is 6.37. The van der Waals surface area contributed by atoms with Crippen molar-refractivity contribution in [2.75, 3.05) is 13.2 Å². The molecule has 0 unspecified atom stereocenters. The summed E-state index contributed by atoms with van der Waals surface area (Å²) in [6.45, 7) is 2.05. The Hall–Kier alpha value is -3.48. The molecule has 3 aromatic rings. The summed E-state index contributed by atoms with van der Waals surface area (Å²) < 4.78 is 87.7. The first-order valence-electron chi connectivity index (χ1n) is 13.7. The quantitative estimate of drug-likeness (QED) is 0.255. The summed E-state index contributed by atoms with van der Waals surface area (Å²) in [5.41, 5.74) is 1.00. The smallest absolute Gasteiger partial charge is 0.416 e. The number of carbonyl (C=O) groups excluding carboxylic acids is 1. The van der Waals surface area contributed by atoms with Gasteiger partial charge < -0.3 is 15.4 Å². The molecule has 1 saturated carbocycles. The summed E-state index contributed by atoms with van der Waals surface area (Å²) in [6.07, 6.45) is -2.10. The number of sulfonamides is 1. The molecule has 0 spiro atoms. The summed E-state index contributed by atoms with van der Waals surface area (Å²) in [4.78, 5) is 12.6. The molecule has 1 fully saturated rings. The van der Waals surface area contributed by atoms with E-state index in [4.69, 9.17) is 4.74 Å². The van der Waals surface area contributed by atoms with Crippen molar-refractivity contribution in [3.8, 4) is 5.75 Å². The molecule has 2 aliphatic rings. The zero-order chi connectivity index (χ0) is 29.9. The maximum atomic E-state index is 13.6. The number of alkyl halides is 3. The van der Waals surface area contributed by atoms with Gasteiger partial charge >= 0.3 is 6.18 Å². The highest BCUT2D eigenvalue weighted by atomic mass is 32.2. The molecule has 3 N–H and O–H groups in total. The van der Waals surface area contributed by atoms with Gasteiger partial charge in [0.2, 0.25) is 15.9 Å². The molecule has 2 atom stereocenters. The van der Waals surface area contributed by atoms with Crippen molar-refractivity contribution in [2.24, 2.45) is 5.92 Å². The fraction of sp³-hybridized carbons (Fsp3) is 0.367. The summed E-state index contributed by atoms with van der Waals surface area (Å²) >= 11 is 0. The largest absolute Gasteiger partial charge is 0.493 e. The first-order chi connectivity index (χ1) is 20.0. The average Bonchev–Trinajstić information content (AvgIpc) is 3.77. The van der Waals surface area contributed by atoms with E-state index in [0.29, 0.717) is 31.4 Å². The lowest BCUT2D eigenvalue weighted by atomic mass is 9.98. The Kier molecular flexibility index (Phi) is 8.86. The number of amides is 1. The van der Waals surface area contributed by atoms with Crippen molar-refractivity contribution in [1.82, 2.24) is 15.4 Å². The van der Waals surface area contributed by atoms with Gasteiger partial charge in [0.25, 0.3) is 0 Å². The number of ether oxygens (including phenoxy) is 1. The van der Waals surface area contributed by atoms with Crippen LogP contribution in [0.15, 0.2) is 71.6 Å². The summed E-state index contributed by atoms with van der Waals surface area (Å²) in [7, 11) is -4.49. The first-order valence-corrected chi connectivity index (χ1v) is 15.2. The minimum absolute atomic E-state index is 0.276. The van der Waals surface area contributed by atoms with Crippen molar-refractivity contribution in [3.05, 3.63) is 94.8 Å². The number of carbonyl (C=O) groups is 1. The van der Waals surface area contributed by atoms with E-state index in [0.717, 1.165) is 53.9 Å². The van der Waals surface area contributed by atoms with E-state index in [-0.39, 0.29) is 18.0 Å². The molecule has 0 saturated heterocycles. The first kappa shape index (κ1) is 30.0. The Balaban J connectivity index is 1.31. The van der Waals surface area contributed by atoms with Gasteiger partial charge in [-0.3, -0.25) is 4.79 Å². The highest BCUT2D eigenvalue weighted by molar-refractivity contribution is 7.89. The summed E-state index contributed by atoms with van der Waals surface area (Å²) in [6, 6.07) is 12.5. The lowest BCUT2D eigenvalue weighted by molar-refractivity contribution is -0.137. The minimum Gasteiger partial charge on any atom is -0.493 e. The van der Waals surface area contributed by atoms with Gasteiger partial charge in [0.1, 0.15) is 11.6 Å². The fourth-order valence-electron chi connectivity index (χ4n) is 4.89. The van der Waals surface area contributed by atoms with Crippen LogP contribution in [0.1, 0.15) is 60.0 Å². The van der Waals surface area contributed by atoms with Gasteiger partial charge in [0.15, 0.2) is 0 Å². The number of rotatable bonds is 11. The fourth-order valence-corrected chi connectivity index (χ4v) is 6.16. The molecule has 0 bridgehead atoms. The van der Waals surface area contributed by atoms with Gasteiger partial charge in [0.05, 0.1) is 29.1 Å². The Bertz CT molecular complexity index is 1530. The predicted octanol–water partition coefficient (Wildman–Crippen LogP) is 5.39. The van der Waals surface area contributed by atoms with Gasteiger partial charge in [0, 0.05) is 24.9 Å². The predicted molar refractivity (Wildman–Crippen MR) is 147 cm³/mol. The Morgan fingerprint density at radius 2 is 1.76 bits per heavy atom. The van der Waals surface area contributed by atoms with Gasteiger partial charge in [-0.15, -0.1) is 0 Å². The molecule has 5 rings (SSSR count). The zero-order valence-corrected chi connectivity index (χ0v) is 23.4. The highest BCUT2D eigenvalue weighted by Gasteiger charge is 2.33. The van der Waals surface area contributed by atoms with Crippen LogP contribution in [0, 0.1) is 11.7 Å². The molecule has 1 aliphatic carbocycles. The van der Waals surface area contributed by atoms with E-state index in [1.54, 1.807) is 0 Å². The van der Waals surface area contributed by atoms with E-state index in [2.05, 4.69) is 15.4 Å². The van der Waals surface area contributed by atoms with Crippen LogP contribution in [0.25, 0.3) is 0 Å². The third kappa shape index (κ3) is 7.67. The van der Waals surface area contributed by atoms with Crippen LogP contribution in [0.2, 0.25) is 0 Å². The van der Waals surface area contributed by atoms with Crippen LogP contribution in [-0.4, -0.2) is 27.5 Å². The number of hydrogen-bond donors (Lipinski definition) is 3. The Morgan fingerprint density at radius 1 is 1.00 bits per heavy atom. The normalized spacial score (nSPS) is 17.7. The van der Waals surface area contributed by atoms with E-state index < -0.39 is 44.4 Å². The van der Waals surface area contributed by atoms with Crippen molar-refractivity contribution in [3.63, 3.8) is 0 Å². The molecule has 1 aliphatic heterocycles. The molecule has 224 valence electrons. The molecule has 0 aromatic heterocycles. The van der Waals surface area contributed by atoms with Gasteiger partial charge in [-0.2, -0.15) is 13.2 Å². The zero-order valence-electron chi connectivity index (χ0n) is 22.6. The second-order valence-corrected chi connectivity index (χ2v) is 12.4. The number of hydrogen-bond acceptors (Lipinski definition) is 5. The Morgan fingerprint density at radius 3 is 2.48 bits per heavy atom. The molecular weight excluding hydrogens is 574 g/mol. The molecule has 1 heterocycles. The summed E-state index contributed by atoms with van der Waals surface area (Å²) in [5.74, 6) is 0.358. The van der Waals surface area contributed by atoms with Crippen LogP contribution in [-0.2, 0) is 27.5 Å². The van der Waals surface area contributed by atoms with Crippen LogP contribution >= 0.6 is 0 Å². The minimum atomic E-state index is -4.74. The van der Waals surface area contributed by atoms with Crippen LogP contribution in [0.3, 0.4) is 0 Å². The molecular formula is C30H31F4N3O4S. The number of nitrogens with one attached hydrogen (secondary N) is 3.